The van der Waals surface area contributed by atoms with E-state index in [1.165, 1.54) is 15.6 Å². The van der Waals surface area contributed by atoms with Crippen LogP contribution in [0.1, 0.15) is 46.4 Å². The van der Waals surface area contributed by atoms with Gasteiger partial charge in [0.1, 0.15) is 5.70 Å². The van der Waals surface area contributed by atoms with E-state index in [2.05, 4.69) is 101 Å². The molecule has 1 aromatic heterocycles. The number of benzene rings is 3. The molecule has 0 fully saturated rings. The van der Waals surface area contributed by atoms with Gasteiger partial charge in [0, 0.05) is 21.4 Å². The van der Waals surface area contributed by atoms with Crippen molar-refractivity contribution in [3.05, 3.63) is 119 Å². The van der Waals surface area contributed by atoms with Gasteiger partial charge in [-0.15, -0.1) is 16.5 Å². The summed E-state index contributed by atoms with van der Waals surface area (Å²) in [6.07, 6.45) is 4.05. The number of carbonyl (C=O) groups excluding carboxylic acids is 1. The van der Waals surface area contributed by atoms with Gasteiger partial charge in [-0.2, -0.15) is 5.11 Å². The number of Topliss-reactive ketones (excluding diaryl/α,β-unsaturated/α-hetero) is 1. The van der Waals surface area contributed by atoms with Gasteiger partial charge in [-0.05, 0) is 63.8 Å². The Bertz CT molecular complexity index is 1580. The van der Waals surface area contributed by atoms with Gasteiger partial charge in [-0.3, -0.25) is 4.79 Å². The van der Waals surface area contributed by atoms with Crippen LogP contribution in [0.2, 0.25) is 0 Å². The van der Waals surface area contributed by atoms with Crippen LogP contribution >= 0.6 is 11.3 Å². The van der Waals surface area contributed by atoms with Gasteiger partial charge >= 0.3 is 0 Å². The molecule has 4 aromatic rings. The molecule has 1 aliphatic rings. The van der Waals surface area contributed by atoms with Gasteiger partial charge in [0.05, 0.1) is 10.6 Å². The fourth-order valence-electron chi connectivity index (χ4n) is 4.69. The summed E-state index contributed by atoms with van der Waals surface area (Å²) in [6.45, 7) is 12.6. The lowest BCUT2D eigenvalue weighted by Gasteiger charge is -2.31. The molecule has 39 heavy (non-hydrogen) atoms. The monoisotopic (exact) mass is 530 g/mol. The summed E-state index contributed by atoms with van der Waals surface area (Å²) in [4.78, 5) is 14.6. The van der Waals surface area contributed by atoms with Gasteiger partial charge in [0.25, 0.3) is 0 Å². The first-order valence-electron chi connectivity index (χ1n) is 13.3. The molecule has 3 nitrogen and oxygen atoms in total. The van der Waals surface area contributed by atoms with Crippen molar-refractivity contribution >= 4 is 38.6 Å². The Kier molecular flexibility index (Phi) is 7.09. The van der Waals surface area contributed by atoms with E-state index in [1.54, 1.807) is 11.3 Å². The molecule has 0 unspecified atom stereocenters. The zero-order chi connectivity index (χ0) is 27.8. The first kappa shape index (κ1) is 26.7. The van der Waals surface area contributed by atoms with E-state index in [1.807, 2.05) is 42.5 Å². The molecule has 0 spiro atoms. The molecule has 196 valence electrons. The summed E-state index contributed by atoms with van der Waals surface area (Å²) < 4.78 is 1.19. The standard InChI is InChI=1S/C35H34N2OS/c1-34(2,3)28-20-26(21-29(33(28)38)35(4,5)6)32(31-22-25-14-10-11-15-30(25)39-31)37-36-27-18-16-24(17-19-27)23-12-8-7-9-13-23/h7-22H,1-6H3. The highest BCUT2D eigenvalue weighted by molar-refractivity contribution is 7.20. The number of fused-ring (bicyclic) bond motifs is 1. The number of nitrogens with zero attached hydrogens (tertiary/aromatic N) is 2. The SMILES string of the molecule is CC(C)(C)C1=CC(=C(N=Nc2ccc(-c3ccccc3)cc2)c2cc3ccccc3s2)C=C(C(C)(C)C)C1=O. The molecule has 0 atom stereocenters. The molecule has 0 aliphatic heterocycles. The number of ketones is 1. The molecule has 3 aromatic carbocycles. The van der Waals surface area contributed by atoms with Crippen LogP contribution in [0.15, 0.2) is 124 Å². The minimum Gasteiger partial charge on any atom is -0.289 e. The van der Waals surface area contributed by atoms with Crippen LogP contribution < -0.4 is 0 Å². The van der Waals surface area contributed by atoms with E-state index in [0.29, 0.717) is 0 Å². The second-order valence-electron chi connectivity index (χ2n) is 12.0. The lowest BCUT2D eigenvalue weighted by molar-refractivity contribution is -0.114. The fraction of sp³-hybridized carbons (Fsp3) is 0.229. The normalized spacial score (nSPS) is 14.6. The minimum absolute atomic E-state index is 0.114. The molecule has 0 radical (unpaired) electrons. The lowest BCUT2D eigenvalue weighted by atomic mass is 9.71. The average molecular weight is 531 g/mol. The second-order valence-corrected chi connectivity index (χ2v) is 13.1. The Balaban J connectivity index is 1.66. The maximum Gasteiger partial charge on any atom is 0.186 e. The van der Waals surface area contributed by atoms with Crippen molar-refractivity contribution in [1.82, 2.24) is 0 Å². The van der Waals surface area contributed by atoms with Crippen molar-refractivity contribution in [3.63, 3.8) is 0 Å². The van der Waals surface area contributed by atoms with E-state index in [-0.39, 0.29) is 16.6 Å². The zero-order valence-corrected chi connectivity index (χ0v) is 24.3. The molecule has 4 heteroatoms. The molecule has 0 N–H and O–H groups in total. The summed E-state index contributed by atoms with van der Waals surface area (Å²) in [5, 5.41) is 10.7. The first-order chi connectivity index (χ1) is 18.5. The van der Waals surface area contributed by atoms with Gasteiger partial charge in [0.15, 0.2) is 5.78 Å². The molecule has 0 saturated carbocycles. The number of rotatable bonds is 4. The van der Waals surface area contributed by atoms with Crippen LogP contribution in [-0.4, -0.2) is 5.78 Å². The third-order valence-corrected chi connectivity index (χ3v) is 8.00. The van der Waals surface area contributed by atoms with Crippen LogP contribution in [0.5, 0.6) is 0 Å². The maximum absolute atomic E-state index is 13.6. The molecule has 5 rings (SSSR count). The molecule has 0 saturated heterocycles. The Morgan fingerprint density at radius 2 is 1.26 bits per heavy atom. The minimum atomic E-state index is -0.303. The predicted octanol–water partition coefficient (Wildman–Crippen LogP) is 10.6. The second kappa shape index (κ2) is 10.3. The van der Waals surface area contributed by atoms with Crippen LogP contribution in [0.25, 0.3) is 26.9 Å². The molecule has 0 amide bonds. The number of thiophene rings is 1. The van der Waals surface area contributed by atoms with E-state index in [9.17, 15) is 4.79 Å². The first-order valence-corrected chi connectivity index (χ1v) is 14.1. The number of carbonyl (C=O) groups is 1. The van der Waals surface area contributed by atoms with Crippen LogP contribution in [0.4, 0.5) is 5.69 Å². The van der Waals surface area contributed by atoms with Crippen molar-refractivity contribution in [2.45, 2.75) is 41.5 Å². The van der Waals surface area contributed by atoms with Crippen molar-refractivity contribution < 1.29 is 4.79 Å². The number of allylic oxidation sites excluding steroid dienone is 5. The zero-order valence-electron chi connectivity index (χ0n) is 23.4. The third kappa shape index (κ3) is 5.76. The average Bonchev–Trinajstić information content (AvgIpc) is 3.33. The summed E-state index contributed by atoms with van der Waals surface area (Å²) in [6, 6.07) is 29.0. The topological polar surface area (TPSA) is 41.8 Å². The van der Waals surface area contributed by atoms with Crippen LogP contribution in [-0.2, 0) is 4.79 Å². The Hall–Kier alpha value is -3.89. The van der Waals surface area contributed by atoms with Gasteiger partial charge < -0.3 is 0 Å². The summed E-state index contributed by atoms with van der Waals surface area (Å²) in [5.41, 5.74) is 5.77. The summed E-state index contributed by atoms with van der Waals surface area (Å²) >= 11 is 1.70. The fourth-order valence-corrected chi connectivity index (χ4v) is 5.76. The quantitative estimate of drug-likeness (QED) is 0.242. The summed E-state index contributed by atoms with van der Waals surface area (Å²) in [7, 11) is 0. The smallest absolute Gasteiger partial charge is 0.186 e. The molecular weight excluding hydrogens is 496 g/mol. The number of azo groups is 1. The Morgan fingerprint density at radius 1 is 0.692 bits per heavy atom. The van der Waals surface area contributed by atoms with Crippen molar-refractivity contribution in [2.75, 3.05) is 0 Å². The molecule has 1 aliphatic carbocycles. The van der Waals surface area contributed by atoms with Gasteiger partial charge in [-0.25, -0.2) is 0 Å². The van der Waals surface area contributed by atoms with E-state index in [0.717, 1.165) is 38.5 Å². The molecular formula is C35H34N2OS. The largest absolute Gasteiger partial charge is 0.289 e. The maximum atomic E-state index is 13.6. The molecule has 1 heterocycles. The van der Waals surface area contributed by atoms with Crippen LogP contribution in [0, 0.1) is 10.8 Å². The highest BCUT2D eigenvalue weighted by Gasteiger charge is 2.34. The molecule has 0 bridgehead atoms. The van der Waals surface area contributed by atoms with Crippen molar-refractivity contribution in [2.24, 2.45) is 21.1 Å². The van der Waals surface area contributed by atoms with Gasteiger partial charge in [0.2, 0.25) is 0 Å². The summed E-state index contributed by atoms with van der Waals surface area (Å²) in [5.74, 6) is 0.114. The van der Waals surface area contributed by atoms with Crippen LogP contribution in [0.3, 0.4) is 0 Å². The Labute approximate surface area is 235 Å². The highest BCUT2D eigenvalue weighted by Crippen LogP contribution is 2.42. The van der Waals surface area contributed by atoms with E-state index in [4.69, 9.17) is 5.11 Å². The van der Waals surface area contributed by atoms with Crippen molar-refractivity contribution in [3.8, 4) is 11.1 Å². The Morgan fingerprint density at radius 3 is 1.85 bits per heavy atom. The predicted molar refractivity (Wildman–Crippen MR) is 165 cm³/mol. The van der Waals surface area contributed by atoms with E-state index >= 15 is 0 Å². The highest BCUT2D eigenvalue weighted by atomic mass is 32.1. The van der Waals surface area contributed by atoms with E-state index < -0.39 is 0 Å². The van der Waals surface area contributed by atoms with Crippen molar-refractivity contribution in [1.29, 1.82) is 0 Å². The number of hydrogen-bond donors (Lipinski definition) is 0. The van der Waals surface area contributed by atoms with Gasteiger partial charge in [-0.1, -0.05) is 102 Å². The lowest BCUT2D eigenvalue weighted by Crippen LogP contribution is -2.28. The third-order valence-electron chi connectivity index (χ3n) is 6.88. The number of hydrogen-bond acceptors (Lipinski definition) is 4.